The number of hydrogen-bond acceptors (Lipinski definition) is 7. The Kier molecular flexibility index (Phi) is 9.89. The van der Waals surface area contributed by atoms with Crippen LogP contribution in [0.15, 0.2) is 30.5 Å². The SMILES string of the molecule is NC(CCC(=O)O)C(=O)NCC(=O)NC(CS)C(=O)NC(Cc1c[nH]c2ccccc12)C(=O)O. The smallest absolute Gasteiger partial charge is 0.326 e. The number of nitrogens with two attached hydrogens (primary N) is 1. The Morgan fingerprint density at radius 1 is 1.03 bits per heavy atom. The van der Waals surface area contributed by atoms with Crippen LogP contribution in [0.3, 0.4) is 0 Å². The third-order valence-corrected chi connectivity index (χ3v) is 5.34. The Morgan fingerprint density at radius 2 is 1.74 bits per heavy atom. The van der Waals surface area contributed by atoms with Gasteiger partial charge in [-0.2, -0.15) is 12.6 Å². The van der Waals surface area contributed by atoms with Crippen molar-refractivity contribution in [3.05, 3.63) is 36.0 Å². The second-order valence-electron chi connectivity index (χ2n) is 7.52. The third-order valence-electron chi connectivity index (χ3n) is 4.98. The van der Waals surface area contributed by atoms with Crippen LogP contribution in [-0.4, -0.2) is 75.3 Å². The van der Waals surface area contributed by atoms with Crippen LogP contribution >= 0.6 is 12.6 Å². The largest absolute Gasteiger partial charge is 0.481 e. The van der Waals surface area contributed by atoms with E-state index in [1.54, 1.807) is 6.20 Å². The number of para-hydroxylation sites is 1. The van der Waals surface area contributed by atoms with Gasteiger partial charge >= 0.3 is 11.9 Å². The number of carbonyl (C=O) groups excluding carboxylic acids is 3. The van der Waals surface area contributed by atoms with Gasteiger partial charge in [0.25, 0.3) is 0 Å². The summed E-state index contributed by atoms with van der Waals surface area (Å²) in [5, 5.41) is 26.1. The van der Waals surface area contributed by atoms with Crippen LogP contribution in [0.25, 0.3) is 10.9 Å². The first-order chi connectivity index (χ1) is 16.1. The zero-order chi connectivity index (χ0) is 25.3. The zero-order valence-electron chi connectivity index (χ0n) is 18.1. The van der Waals surface area contributed by atoms with E-state index in [0.717, 1.165) is 10.9 Å². The predicted molar refractivity (Wildman–Crippen MR) is 125 cm³/mol. The molecule has 0 bridgehead atoms. The van der Waals surface area contributed by atoms with Gasteiger partial charge in [0.1, 0.15) is 12.1 Å². The summed E-state index contributed by atoms with van der Waals surface area (Å²) < 4.78 is 0. The summed E-state index contributed by atoms with van der Waals surface area (Å²) in [5.41, 5.74) is 7.10. The number of H-pyrrole nitrogens is 1. The number of amides is 3. The van der Waals surface area contributed by atoms with Crippen LogP contribution in [0, 0.1) is 0 Å². The standard InChI is InChI=1S/C21H27N5O7S/c22-13(5-6-18(28)29)19(30)24-9-17(27)25-16(10-34)20(31)26-15(21(32)33)7-11-8-23-14-4-2-1-3-12(11)14/h1-4,8,13,15-16,23,34H,5-7,9-10,22H2,(H,24,30)(H,25,27)(H,26,31)(H,28,29)(H,32,33). The molecule has 34 heavy (non-hydrogen) atoms. The van der Waals surface area contributed by atoms with Gasteiger partial charge in [-0.25, -0.2) is 4.79 Å². The Morgan fingerprint density at radius 3 is 2.38 bits per heavy atom. The molecule has 1 heterocycles. The van der Waals surface area contributed by atoms with Crippen molar-refractivity contribution in [2.45, 2.75) is 37.4 Å². The number of aromatic amines is 1. The number of fused-ring (bicyclic) bond motifs is 1. The van der Waals surface area contributed by atoms with Crippen molar-refractivity contribution in [3.63, 3.8) is 0 Å². The van der Waals surface area contributed by atoms with E-state index in [1.165, 1.54) is 0 Å². The number of aromatic nitrogens is 1. The number of nitrogens with one attached hydrogen (secondary N) is 4. The molecule has 3 atom stereocenters. The fourth-order valence-corrected chi connectivity index (χ4v) is 3.40. The van der Waals surface area contributed by atoms with Gasteiger partial charge in [-0.3, -0.25) is 19.2 Å². The van der Waals surface area contributed by atoms with Crippen LogP contribution < -0.4 is 21.7 Å². The highest BCUT2D eigenvalue weighted by molar-refractivity contribution is 7.80. The Bertz CT molecular complexity index is 1060. The highest BCUT2D eigenvalue weighted by Gasteiger charge is 2.27. The molecule has 12 nitrogen and oxygen atoms in total. The van der Waals surface area contributed by atoms with Crippen molar-refractivity contribution in [3.8, 4) is 0 Å². The number of rotatable bonds is 13. The van der Waals surface area contributed by atoms with E-state index >= 15 is 0 Å². The molecule has 1 aromatic carbocycles. The number of carboxylic acids is 2. The topological polar surface area (TPSA) is 204 Å². The lowest BCUT2D eigenvalue weighted by molar-refractivity contribution is -0.142. The Labute approximate surface area is 200 Å². The van der Waals surface area contributed by atoms with Gasteiger partial charge in [-0.05, 0) is 18.1 Å². The molecule has 0 saturated carbocycles. The van der Waals surface area contributed by atoms with Crippen LogP contribution in [0.4, 0.5) is 0 Å². The number of carbonyl (C=O) groups is 5. The van der Waals surface area contributed by atoms with Crippen molar-refractivity contribution in [1.29, 1.82) is 0 Å². The van der Waals surface area contributed by atoms with Gasteiger partial charge in [0, 0.05) is 35.7 Å². The van der Waals surface area contributed by atoms with Gasteiger partial charge < -0.3 is 36.9 Å². The normalized spacial score (nSPS) is 13.5. The molecule has 0 aliphatic heterocycles. The second kappa shape index (κ2) is 12.6. The first-order valence-electron chi connectivity index (χ1n) is 10.4. The molecule has 0 aliphatic carbocycles. The van der Waals surface area contributed by atoms with Gasteiger partial charge in [0.05, 0.1) is 12.6 Å². The molecule has 3 amide bonds. The molecular formula is C21H27N5O7S. The van der Waals surface area contributed by atoms with E-state index in [0.29, 0.717) is 5.56 Å². The van der Waals surface area contributed by atoms with E-state index in [9.17, 15) is 29.1 Å². The second-order valence-corrected chi connectivity index (χ2v) is 7.89. The molecular weight excluding hydrogens is 466 g/mol. The van der Waals surface area contributed by atoms with Gasteiger partial charge in [-0.15, -0.1) is 0 Å². The van der Waals surface area contributed by atoms with Crippen molar-refractivity contribution in [1.82, 2.24) is 20.9 Å². The van der Waals surface area contributed by atoms with E-state index in [2.05, 4.69) is 33.6 Å². The molecule has 0 spiro atoms. The number of thiol groups is 1. The minimum absolute atomic E-state index is 0.0165. The maximum absolute atomic E-state index is 12.6. The van der Waals surface area contributed by atoms with Gasteiger partial charge in [-0.1, -0.05) is 18.2 Å². The fourth-order valence-electron chi connectivity index (χ4n) is 3.14. The molecule has 3 unspecified atom stereocenters. The monoisotopic (exact) mass is 493 g/mol. The van der Waals surface area contributed by atoms with Crippen molar-refractivity contribution < 1.29 is 34.2 Å². The lowest BCUT2D eigenvalue weighted by atomic mass is 10.0. The number of carboxylic acid groups (broad SMARTS) is 2. The summed E-state index contributed by atoms with van der Waals surface area (Å²) in [6.45, 7) is -0.505. The molecule has 2 aromatic rings. The summed E-state index contributed by atoms with van der Waals surface area (Å²) in [4.78, 5) is 61.9. The average Bonchev–Trinajstić information content (AvgIpc) is 3.21. The molecule has 1 aromatic heterocycles. The minimum atomic E-state index is -1.25. The van der Waals surface area contributed by atoms with E-state index in [-0.39, 0.29) is 25.0 Å². The highest BCUT2D eigenvalue weighted by atomic mass is 32.1. The first-order valence-corrected chi connectivity index (χ1v) is 11.0. The number of aliphatic carboxylic acids is 2. The molecule has 0 radical (unpaired) electrons. The summed E-state index contributed by atoms with van der Waals surface area (Å²) >= 11 is 4.04. The van der Waals surface area contributed by atoms with Crippen LogP contribution in [0.1, 0.15) is 18.4 Å². The lowest BCUT2D eigenvalue weighted by Gasteiger charge is -2.20. The third kappa shape index (κ3) is 7.78. The van der Waals surface area contributed by atoms with Gasteiger partial charge in [0.15, 0.2) is 0 Å². The molecule has 2 rings (SSSR count). The zero-order valence-corrected chi connectivity index (χ0v) is 19.0. The first kappa shape index (κ1) is 26.7. The quantitative estimate of drug-likeness (QED) is 0.162. The maximum Gasteiger partial charge on any atom is 0.326 e. The van der Waals surface area contributed by atoms with E-state index in [1.807, 2.05) is 24.3 Å². The summed E-state index contributed by atoms with van der Waals surface area (Å²) in [6, 6.07) is 3.83. The van der Waals surface area contributed by atoms with Gasteiger partial charge in [0.2, 0.25) is 17.7 Å². The molecule has 0 saturated heterocycles. The minimum Gasteiger partial charge on any atom is -0.481 e. The Hall–Kier alpha value is -3.58. The van der Waals surface area contributed by atoms with Crippen molar-refractivity contribution >= 4 is 53.2 Å². The molecule has 0 aliphatic rings. The molecule has 13 heteroatoms. The molecule has 0 fully saturated rings. The number of benzene rings is 1. The summed E-state index contributed by atoms with van der Waals surface area (Å²) in [7, 11) is 0. The molecule has 184 valence electrons. The Balaban J connectivity index is 1.91. The van der Waals surface area contributed by atoms with Crippen LogP contribution in [-0.2, 0) is 30.4 Å². The summed E-state index contributed by atoms with van der Waals surface area (Å²) in [5.74, 6) is -4.66. The summed E-state index contributed by atoms with van der Waals surface area (Å²) in [6.07, 6.45) is 1.29. The maximum atomic E-state index is 12.6. The van der Waals surface area contributed by atoms with Crippen molar-refractivity contribution in [2.75, 3.05) is 12.3 Å². The average molecular weight is 494 g/mol. The van der Waals surface area contributed by atoms with Crippen LogP contribution in [0.2, 0.25) is 0 Å². The highest BCUT2D eigenvalue weighted by Crippen LogP contribution is 2.19. The number of hydrogen-bond donors (Lipinski definition) is 8. The van der Waals surface area contributed by atoms with Crippen LogP contribution in [0.5, 0.6) is 0 Å². The van der Waals surface area contributed by atoms with E-state index < -0.39 is 54.3 Å². The predicted octanol–water partition coefficient (Wildman–Crippen LogP) is -0.997. The lowest BCUT2D eigenvalue weighted by Crippen LogP contribution is -2.54. The fraction of sp³-hybridized carbons (Fsp3) is 0.381. The molecule has 8 N–H and O–H groups in total. The van der Waals surface area contributed by atoms with Crippen molar-refractivity contribution in [2.24, 2.45) is 5.73 Å². The van der Waals surface area contributed by atoms with E-state index in [4.69, 9.17) is 10.8 Å².